The molecule has 2 aliphatic carbocycles. The van der Waals surface area contributed by atoms with Crippen LogP contribution in [0.4, 0.5) is 9.59 Å². The van der Waals surface area contributed by atoms with E-state index in [0.717, 1.165) is 30.4 Å². The number of fused-ring (bicyclic) bond motifs is 1. The Morgan fingerprint density at radius 2 is 1.25 bits per heavy atom. The summed E-state index contributed by atoms with van der Waals surface area (Å²) in [6.07, 6.45) is 0.450. The summed E-state index contributed by atoms with van der Waals surface area (Å²) in [6.45, 7) is -0.968. The van der Waals surface area contributed by atoms with E-state index >= 15 is 0 Å². The maximum atomic E-state index is 12.8. The third-order valence-corrected chi connectivity index (χ3v) is 5.71. The third kappa shape index (κ3) is 3.96. The minimum absolute atomic E-state index is 0.209. The van der Waals surface area contributed by atoms with Crippen molar-refractivity contribution in [1.82, 2.24) is 10.0 Å². The van der Waals surface area contributed by atoms with E-state index < -0.39 is 45.1 Å². The number of ether oxygens (including phenoxy) is 3. The van der Waals surface area contributed by atoms with Gasteiger partial charge in [-0.15, -0.1) is 0 Å². The first-order valence-corrected chi connectivity index (χ1v) is 10.7. The number of carbonyl (C=O) groups excluding carboxylic acids is 2. The molecule has 0 N–H and O–H groups in total. The topological polar surface area (TPSA) is 71.6 Å². The highest BCUT2D eigenvalue weighted by atomic mass is 35.6. The summed E-state index contributed by atoms with van der Waals surface area (Å²) < 4.78 is 12.4. The van der Waals surface area contributed by atoms with Gasteiger partial charge in [-0.3, -0.25) is 0 Å². The lowest BCUT2D eigenvalue weighted by atomic mass is 9.82. The van der Waals surface area contributed by atoms with Crippen LogP contribution in [0.15, 0.2) is 11.1 Å². The first kappa shape index (κ1) is 21.2. The molecule has 7 nitrogen and oxygen atoms in total. The van der Waals surface area contributed by atoms with E-state index in [0.29, 0.717) is 0 Å². The van der Waals surface area contributed by atoms with Crippen LogP contribution in [-0.2, 0) is 14.2 Å². The molecule has 0 aromatic rings. The number of epoxide rings is 1. The Hall–Kier alpha value is -0.0200. The average Bonchev–Trinajstić information content (AvgIpc) is 3.24. The van der Waals surface area contributed by atoms with Crippen molar-refractivity contribution in [3.8, 4) is 0 Å². The van der Waals surface area contributed by atoms with Gasteiger partial charge in [0.2, 0.25) is 7.59 Å². The predicted molar refractivity (Wildman–Crippen MR) is 104 cm³/mol. The zero-order valence-electron chi connectivity index (χ0n) is 14.0. The van der Waals surface area contributed by atoms with Gasteiger partial charge >= 0.3 is 12.2 Å². The highest BCUT2D eigenvalue weighted by Gasteiger charge is 2.68. The Morgan fingerprint density at radius 1 is 0.857 bits per heavy atom. The van der Waals surface area contributed by atoms with Gasteiger partial charge in [0.15, 0.2) is 0 Å². The number of alkyl halides is 6. The summed E-state index contributed by atoms with van der Waals surface area (Å²) in [4.78, 5) is 25.7. The Balaban J connectivity index is 1.61. The molecule has 28 heavy (non-hydrogen) atoms. The summed E-state index contributed by atoms with van der Waals surface area (Å²) in [7, 11) is 0. The second-order valence-corrected chi connectivity index (χ2v) is 11.9. The monoisotopic (exact) mass is 512 g/mol. The van der Waals surface area contributed by atoms with Gasteiger partial charge in [-0.1, -0.05) is 69.6 Å². The molecule has 0 radical (unpaired) electrons. The second-order valence-electron chi connectivity index (χ2n) is 6.89. The SMILES string of the molecule is O=C(OCC(Cl)(Cl)Cl)N1C2C3=C(CCC3)C(C3OC32)N1C(=O)OCC(Cl)(Cl)Cl. The van der Waals surface area contributed by atoms with Gasteiger partial charge in [0, 0.05) is 0 Å². The van der Waals surface area contributed by atoms with Gasteiger partial charge < -0.3 is 14.2 Å². The molecule has 5 aliphatic rings. The number of carbonyl (C=O) groups is 2. The van der Waals surface area contributed by atoms with Crippen LogP contribution in [0.25, 0.3) is 0 Å². The van der Waals surface area contributed by atoms with E-state index in [-0.39, 0.29) is 12.2 Å². The van der Waals surface area contributed by atoms with Gasteiger partial charge in [0.1, 0.15) is 37.5 Å². The number of nitrogens with zero attached hydrogens (tertiary/aromatic N) is 2. The van der Waals surface area contributed by atoms with Crippen LogP contribution < -0.4 is 0 Å². The molecule has 2 amide bonds. The fourth-order valence-corrected chi connectivity index (χ4v) is 4.50. The van der Waals surface area contributed by atoms with E-state index in [1.807, 2.05) is 0 Å². The summed E-state index contributed by atoms with van der Waals surface area (Å²) in [5, 5.41) is 2.36. The lowest BCUT2D eigenvalue weighted by Gasteiger charge is -2.50. The zero-order valence-corrected chi connectivity index (χ0v) is 18.6. The van der Waals surface area contributed by atoms with Crippen LogP contribution >= 0.6 is 69.6 Å². The van der Waals surface area contributed by atoms with E-state index in [9.17, 15) is 9.59 Å². The molecule has 2 fully saturated rings. The maximum Gasteiger partial charge on any atom is 0.429 e. The Labute approximate surface area is 190 Å². The molecule has 4 unspecified atom stereocenters. The number of hydrazine groups is 1. The lowest BCUT2D eigenvalue weighted by molar-refractivity contribution is -0.0751. The van der Waals surface area contributed by atoms with Crippen LogP contribution in [0.1, 0.15) is 19.3 Å². The minimum Gasteiger partial charge on any atom is -0.444 e. The smallest absolute Gasteiger partial charge is 0.429 e. The molecular formula is C15H14Cl6N2O5. The van der Waals surface area contributed by atoms with Crippen LogP contribution in [0.3, 0.4) is 0 Å². The summed E-state index contributed by atoms with van der Waals surface area (Å²) in [6, 6.07) is -0.952. The third-order valence-electron chi connectivity index (χ3n) is 5.05. The fraction of sp³-hybridized carbons (Fsp3) is 0.733. The maximum absolute atomic E-state index is 12.8. The number of hydrogen-bond acceptors (Lipinski definition) is 5. The lowest BCUT2D eigenvalue weighted by Crippen LogP contribution is -2.69. The van der Waals surface area contributed by atoms with Gasteiger partial charge in [0.05, 0.1) is 0 Å². The molecule has 5 rings (SSSR count). The molecule has 3 aliphatic heterocycles. The highest BCUT2D eigenvalue weighted by molar-refractivity contribution is 6.68. The van der Waals surface area contributed by atoms with E-state index in [1.165, 1.54) is 10.0 Å². The second kappa shape index (κ2) is 7.29. The van der Waals surface area contributed by atoms with E-state index in [1.54, 1.807) is 0 Å². The predicted octanol–water partition coefficient (Wildman–Crippen LogP) is 4.53. The van der Waals surface area contributed by atoms with Gasteiger partial charge in [0.25, 0.3) is 0 Å². The van der Waals surface area contributed by atoms with E-state index in [2.05, 4.69) is 0 Å². The molecular weight excluding hydrogens is 501 g/mol. The average molecular weight is 515 g/mol. The number of amides is 2. The summed E-state index contributed by atoms with van der Waals surface area (Å²) in [5.74, 6) is 0. The van der Waals surface area contributed by atoms with Crippen molar-refractivity contribution in [2.75, 3.05) is 13.2 Å². The standard InChI is InChI=1S/C15H14Cl6N2O5/c16-14(17,18)4-26-12(24)22-8-6-2-1-3-7(6)9(11-10(8)28-11)23(22)13(25)27-5-15(19,20)21/h8-11H,1-5H2. The van der Waals surface area contributed by atoms with Crippen molar-refractivity contribution in [2.45, 2.75) is 51.1 Å². The van der Waals surface area contributed by atoms with Crippen molar-refractivity contribution >= 4 is 81.8 Å². The van der Waals surface area contributed by atoms with Gasteiger partial charge in [-0.25, -0.2) is 19.6 Å². The van der Waals surface area contributed by atoms with Crippen molar-refractivity contribution in [2.24, 2.45) is 0 Å². The summed E-state index contributed by atoms with van der Waals surface area (Å²) in [5.41, 5.74) is 2.17. The molecule has 2 saturated heterocycles. The van der Waals surface area contributed by atoms with Crippen molar-refractivity contribution in [3.05, 3.63) is 11.1 Å². The normalized spacial score (nSPS) is 30.9. The Kier molecular flexibility index (Phi) is 5.53. The van der Waals surface area contributed by atoms with Crippen LogP contribution in [0.5, 0.6) is 0 Å². The number of rotatable bonds is 2. The minimum atomic E-state index is -1.79. The first-order valence-electron chi connectivity index (χ1n) is 8.40. The summed E-state index contributed by atoms with van der Waals surface area (Å²) >= 11 is 34.0. The molecule has 3 heterocycles. The first-order chi connectivity index (χ1) is 13.0. The van der Waals surface area contributed by atoms with Gasteiger partial charge in [-0.05, 0) is 30.4 Å². The molecule has 0 aromatic heterocycles. The molecule has 4 atom stereocenters. The van der Waals surface area contributed by atoms with Crippen LogP contribution in [-0.4, -0.2) is 67.3 Å². The number of hydrogen-bond donors (Lipinski definition) is 0. The molecule has 0 spiro atoms. The largest absolute Gasteiger partial charge is 0.444 e. The molecule has 0 aromatic carbocycles. The quantitative estimate of drug-likeness (QED) is 0.307. The van der Waals surface area contributed by atoms with E-state index in [4.69, 9.17) is 83.8 Å². The number of halogens is 6. The van der Waals surface area contributed by atoms with Crippen molar-refractivity contribution in [3.63, 3.8) is 0 Å². The zero-order chi connectivity index (χ0) is 20.4. The molecule has 2 bridgehead atoms. The molecule has 0 saturated carbocycles. The highest BCUT2D eigenvalue weighted by Crippen LogP contribution is 2.54. The Morgan fingerprint density at radius 3 is 1.61 bits per heavy atom. The Bertz CT molecular complexity index is 677. The molecule has 13 heteroatoms. The van der Waals surface area contributed by atoms with Gasteiger partial charge in [-0.2, -0.15) is 0 Å². The van der Waals surface area contributed by atoms with Crippen LogP contribution in [0, 0.1) is 0 Å². The molecule has 156 valence electrons. The van der Waals surface area contributed by atoms with Crippen molar-refractivity contribution < 1.29 is 23.8 Å². The van der Waals surface area contributed by atoms with Crippen LogP contribution in [0.2, 0.25) is 0 Å². The van der Waals surface area contributed by atoms with Crippen molar-refractivity contribution in [1.29, 1.82) is 0 Å². The fourth-order valence-electron chi connectivity index (χ4n) is 4.17.